The van der Waals surface area contributed by atoms with Crippen molar-refractivity contribution in [3.05, 3.63) is 35.4 Å². The van der Waals surface area contributed by atoms with E-state index in [1.165, 1.54) is 30.4 Å². The van der Waals surface area contributed by atoms with Gasteiger partial charge in [0.1, 0.15) is 0 Å². The van der Waals surface area contributed by atoms with E-state index in [0.717, 1.165) is 31.8 Å². The van der Waals surface area contributed by atoms with E-state index < -0.39 is 5.60 Å². The summed E-state index contributed by atoms with van der Waals surface area (Å²) in [6.45, 7) is 0.797. The third kappa shape index (κ3) is 1.93. The molecule has 102 valence electrons. The van der Waals surface area contributed by atoms with Crippen LogP contribution in [0.25, 0.3) is 0 Å². The number of hydrogen-bond donors (Lipinski definition) is 1. The van der Waals surface area contributed by atoms with Crippen LogP contribution in [0.15, 0.2) is 24.3 Å². The Labute approximate surface area is 114 Å². The van der Waals surface area contributed by atoms with E-state index >= 15 is 0 Å². The summed E-state index contributed by atoms with van der Waals surface area (Å²) in [5.41, 5.74) is 2.26. The fourth-order valence-corrected chi connectivity index (χ4v) is 4.63. The first-order chi connectivity index (χ1) is 9.24. The minimum atomic E-state index is -0.460. The Balaban J connectivity index is 1.58. The molecular formula is C17H22O2. The summed E-state index contributed by atoms with van der Waals surface area (Å²) >= 11 is 0. The SMILES string of the molecule is OC1(CC2OCCc3ccccc32)CC2CCC1C2. The second-order valence-electron chi connectivity index (χ2n) is 6.70. The van der Waals surface area contributed by atoms with E-state index in [4.69, 9.17) is 4.74 Å². The molecule has 2 heteroatoms. The molecule has 0 saturated heterocycles. The van der Waals surface area contributed by atoms with Crippen LogP contribution in [0.1, 0.15) is 49.3 Å². The first kappa shape index (κ1) is 11.9. The lowest BCUT2D eigenvalue weighted by atomic mass is 9.78. The number of hydrogen-bond acceptors (Lipinski definition) is 2. The van der Waals surface area contributed by atoms with Gasteiger partial charge in [0.25, 0.3) is 0 Å². The van der Waals surface area contributed by atoms with Gasteiger partial charge in [-0.25, -0.2) is 0 Å². The molecule has 1 aliphatic heterocycles. The maximum atomic E-state index is 11.0. The number of benzene rings is 1. The maximum Gasteiger partial charge on any atom is 0.0855 e. The van der Waals surface area contributed by atoms with Gasteiger partial charge >= 0.3 is 0 Å². The van der Waals surface area contributed by atoms with Crippen molar-refractivity contribution in [3.63, 3.8) is 0 Å². The molecule has 2 saturated carbocycles. The minimum Gasteiger partial charge on any atom is -0.389 e. The van der Waals surface area contributed by atoms with Gasteiger partial charge in [0.05, 0.1) is 18.3 Å². The van der Waals surface area contributed by atoms with Gasteiger partial charge in [-0.1, -0.05) is 24.3 Å². The third-order valence-corrected chi connectivity index (χ3v) is 5.57. The number of rotatable bonds is 2. The summed E-state index contributed by atoms with van der Waals surface area (Å²) in [5.74, 6) is 1.30. The van der Waals surface area contributed by atoms with E-state index in [2.05, 4.69) is 24.3 Å². The molecule has 0 aromatic heterocycles. The first-order valence-corrected chi connectivity index (χ1v) is 7.66. The Hall–Kier alpha value is -0.860. The van der Waals surface area contributed by atoms with Gasteiger partial charge in [-0.2, -0.15) is 0 Å². The molecular weight excluding hydrogens is 236 g/mol. The monoisotopic (exact) mass is 258 g/mol. The third-order valence-electron chi connectivity index (χ3n) is 5.57. The molecule has 19 heavy (non-hydrogen) atoms. The zero-order valence-electron chi connectivity index (χ0n) is 11.3. The lowest BCUT2D eigenvalue weighted by Crippen LogP contribution is -2.38. The van der Waals surface area contributed by atoms with Crippen molar-refractivity contribution < 1.29 is 9.84 Å². The number of ether oxygens (including phenoxy) is 1. The van der Waals surface area contributed by atoms with E-state index in [1.54, 1.807) is 0 Å². The minimum absolute atomic E-state index is 0.106. The Morgan fingerprint density at radius 1 is 1.26 bits per heavy atom. The first-order valence-electron chi connectivity index (χ1n) is 7.66. The van der Waals surface area contributed by atoms with Crippen LogP contribution in [0, 0.1) is 11.8 Å². The highest BCUT2D eigenvalue weighted by molar-refractivity contribution is 5.31. The van der Waals surface area contributed by atoms with Crippen LogP contribution in [-0.2, 0) is 11.2 Å². The van der Waals surface area contributed by atoms with Crippen LogP contribution in [0.3, 0.4) is 0 Å². The van der Waals surface area contributed by atoms with Crippen molar-refractivity contribution in [2.24, 2.45) is 11.8 Å². The summed E-state index contributed by atoms with van der Waals surface area (Å²) in [6.07, 6.45) is 6.70. The lowest BCUT2D eigenvalue weighted by Gasteiger charge is -2.37. The van der Waals surface area contributed by atoms with Crippen LogP contribution in [0.5, 0.6) is 0 Å². The predicted octanol–water partition coefficient (Wildman–Crippen LogP) is 3.24. The quantitative estimate of drug-likeness (QED) is 0.882. The van der Waals surface area contributed by atoms with Crippen molar-refractivity contribution >= 4 is 0 Å². The number of fused-ring (bicyclic) bond motifs is 3. The zero-order chi connectivity index (χ0) is 12.9. The fraction of sp³-hybridized carbons (Fsp3) is 0.647. The standard InChI is InChI=1S/C17H22O2/c18-17(10-12-5-6-14(17)9-12)11-16-15-4-2-1-3-13(15)7-8-19-16/h1-4,12,14,16,18H,5-11H2. The van der Waals surface area contributed by atoms with Crippen LogP contribution in [0.4, 0.5) is 0 Å². The van der Waals surface area contributed by atoms with E-state index in [1.807, 2.05) is 0 Å². The molecule has 1 N–H and O–H groups in total. The van der Waals surface area contributed by atoms with Gasteiger partial charge in [-0.15, -0.1) is 0 Å². The van der Waals surface area contributed by atoms with Gasteiger partial charge in [0.2, 0.25) is 0 Å². The predicted molar refractivity (Wildman–Crippen MR) is 73.9 cm³/mol. The zero-order valence-corrected chi connectivity index (χ0v) is 11.3. The molecule has 2 fully saturated rings. The van der Waals surface area contributed by atoms with Crippen molar-refractivity contribution in [1.29, 1.82) is 0 Å². The molecule has 2 aliphatic carbocycles. The van der Waals surface area contributed by atoms with Crippen molar-refractivity contribution in [2.45, 2.75) is 50.2 Å². The molecule has 4 unspecified atom stereocenters. The number of aliphatic hydroxyl groups is 1. The maximum absolute atomic E-state index is 11.0. The molecule has 2 bridgehead atoms. The average Bonchev–Trinajstić information content (AvgIpc) is 2.99. The lowest BCUT2D eigenvalue weighted by molar-refractivity contribution is -0.0747. The van der Waals surface area contributed by atoms with E-state index in [9.17, 15) is 5.11 Å². The Morgan fingerprint density at radius 3 is 2.95 bits per heavy atom. The van der Waals surface area contributed by atoms with Crippen molar-refractivity contribution in [2.75, 3.05) is 6.61 Å². The Morgan fingerprint density at radius 2 is 2.16 bits per heavy atom. The smallest absolute Gasteiger partial charge is 0.0855 e. The molecule has 4 rings (SSSR count). The molecule has 0 spiro atoms. The molecule has 2 nitrogen and oxygen atoms in total. The normalized spacial score (nSPS) is 40.4. The second-order valence-corrected chi connectivity index (χ2v) is 6.70. The van der Waals surface area contributed by atoms with Crippen LogP contribution >= 0.6 is 0 Å². The van der Waals surface area contributed by atoms with Gasteiger partial charge in [0.15, 0.2) is 0 Å². The van der Waals surface area contributed by atoms with Crippen LogP contribution in [0.2, 0.25) is 0 Å². The van der Waals surface area contributed by atoms with Crippen molar-refractivity contribution in [1.82, 2.24) is 0 Å². The summed E-state index contributed by atoms with van der Waals surface area (Å²) in [7, 11) is 0. The molecule has 0 radical (unpaired) electrons. The van der Waals surface area contributed by atoms with Gasteiger partial charge in [-0.05, 0) is 55.1 Å². The summed E-state index contributed by atoms with van der Waals surface area (Å²) in [6, 6.07) is 8.57. The highest BCUT2D eigenvalue weighted by atomic mass is 16.5. The van der Waals surface area contributed by atoms with Crippen LogP contribution < -0.4 is 0 Å². The molecule has 1 aromatic rings. The molecule has 0 amide bonds. The highest BCUT2D eigenvalue weighted by Gasteiger charge is 2.51. The topological polar surface area (TPSA) is 29.5 Å². The largest absolute Gasteiger partial charge is 0.389 e. The van der Waals surface area contributed by atoms with Gasteiger partial charge < -0.3 is 9.84 Å². The summed E-state index contributed by atoms with van der Waals surface area (Å²) in [4.78, 5) is 0. The molecule has 4 atom stereocenters. The Bertz CT molecular complexity index is 484. The highest BCUT2D eigenvalue weighted by Crippen LogP contribution is 2.54. The van der Waals surface area contributed by atoms with Gasteiger partial charge in [0, 0.05) is 6.42 Å². The fourth-order valence-electron chi connectivity index (χ4n) is 4.63. The van der Waals surface area contributed by atoms with Crippen molar-refractivity contribution in [3.8, 4) is 0 Å². The molecule has 1 aromatic carbocycles. The van der Waals surface area contributed by atoms with E-state index in [0.29, 0.717) is 5.92 Å². The summed E-state index contributed by atoms with van der Waals surface area (Å²) in [5, 5.41) is 11.0. The van der Waals surface area contributed by atoms with Crippen LogP contribution in [-0.4, -0.2) is 17.3 Å². The molecule has 3 aliphatic rings. The summed E-state index contributed by atoms with van der Waals surface area (Å²) < 4.78 is 5.98. The van der Waals surface area contributed by atoms with Gasteiger partial charge in [-0.3, -0.25) is 0 Å². The average molecular weight is 258 g/mol. The molecule has 1 heterocycles. The van der Waals surface area contributed by atoms with E-state index in [-0.39, 0.29) is 6.10 Å². The Kier molecular flexibility index (Phi) is 2.71. The second kappa shape index (κ2) is 4.32.